The number of hydrogen-bond donors (Lipinski definition) is 1. The summed E-state index contributed by atoms with van der Waals surface area (Å²) in [5, 5.41) is 0. The molecule has 1 atom stereocenters. The molecule has 0 radical (unpaired) electrons. The van der Waals surface area contributed by atoms with E-state index in [9.17, 15) is 4.39 Å². The Kier molecular flexibility index (Phi) is 3.97. The monoisotopic (exact) mass is 250 g/mol. The van der Waals surface area contributed by atoms with Crippen LogP contribution in [0.1, 0.15) is 26.2 Å². The summed E-state index contributed by atoms with van der Waals surface area (Å²) in [7, 11) is 0. The lowest BCUT2D eigenvalue weighted by molar-refractivity contribution is 0.380. The third kappa shape index (κ3) is 3.07. The van der Waals surface area contributed by atoms with Crippen molar-refractivity contribution >= 4 is 11.1 Å². The van der Waals surface area contributed by atoms with Crippen LogP contribution in [0.4, 0.5) is 4.39 Å². The number of aromatic nitrogens is 1. The molecule has 2 aromatic rings. The predicted molar refractivity (Wildman–Crippen MR) is 69.7 cm³/mol. The third-order valence-corrected chi connectivity index (χ3v) is 3.00. The quantitative estimate of drug-likeness (QED) is 0.887. The van der Waals surface area contributed by atoms with Crippen LogP contribution in [0.15, 0.2) is 22.6 Å². The van der Waals surface area contributed by atoms with Crippen molar-refractivity contribution in [1.29, 1.82) is 0 Å². The van der Waals surface area contributed by atoms with Crippen molar-refractivity contribution in [2.75, 3.05) is 6.54 Å². The highest BCUT2D eigenvalue weighted by Crippen LogP contribution is 2.21. The highest BCUT2D eigenvalue weighted by molar-refractivity contribution is 5.72. The first-order valence-corrected chi connectivity index (χ1v) is 6.33. The van der Waals surface area contributed by atoms with Crippen molar-refractivity contribution in [3.05, 3.63) is 29.9 Å². The minimum Gasteiger partial charge on any atom is -0.441 e. The average Bonchev–Trinajstić information content (AvgIpc) is 2.68. The summed E-state index contributed by atoms with van der Waals surface area (Å²) >= 11 is 0. The Labute approximate surface area is 106 Å². The molecule has 2 rings (SSSR count). The number of halogens is 1. The zero-order chi connectivity index (χ0) is 13.1. The maximum absolute atomic E-state index is 13.0. The Hall–Kier alpha value is -1.42. The smallest absolute Gasteiger partial charge is 0.195 e. The Balaban J connectivity index is 2.15. The number of rotatable bonds is 5. The molecule has 0 amide bonds. The first-order chi connectivity index (χ1) is 8.58. The molecule has 1 unspecified atom stereocenters. The standard InChI is InChI=1S/C14H19FN2O/c1-9(2)5-10(8-16)6-14-17-12-7-11(15)3-4-13(12)18-14/h3-4,7,9-10H,5-6,8,16H2,1-2H3. The summed E-state index contributed by atoms with van der Waals surface area (Å²) < 4.78 is 18.6. The molecule has 0 spiro atoms. The molecule has 0 bridgehead atoms. The van der Waals surface area contributed by atoms with Crippen molar-refractivity contribution < 1.29 is 8.81 Å². The van der Waals surface area contributed by atoms with E-state index >= 15 is 0 Å². The molecule has 98 valence electrons. The number of nitrogens with zero attached hydrogens (tertiary/aromatic N) is 1. The van der Waals surface area contributed by atoms with E-state index in [1.54, 1.807) is 6.07 Å². The van der Waals surface area contributed by atoms with Gasteiger partial charge in [-0.2, -0.15) is 0 Å². The largest absolute Gasteiger partial charge is 0.441 e. The van der Waals surface area contributed by atoms with E-state index in [2.05, 4.69) is 18.8 Å². The van der Waals surface area contributed by atoms with Gasteiger partial charge >= 0.3 is 0 Å². The second kappa shape index (κ2) is 5.48. The minimum absolute atomic E-state index is 0.292. The van der Waals surface area contributed by atoms with Crippen LogP contribution in [0.25, 0.3) is 11.1 Å². The highest BCUT2D eigenvalue weighted by Gasteiger charge is 2.14. The first kappa shape index (κ1) is 13.0. The number of fused-ring (bicyclic) bond motifs is 1. The van der Waals surface area contributed by atoms with Crippen LogP contribution in [0.5, 0.6) is 0 Å². The van der Waals surface area contributed by atoms with Gasteiger partial charge in [-0.15, -0.1) is 0 Å². The van der Waals surface area contributed by atoms with E-state index in [0.717, 1.165) is 6.42 Å². The van der Waals surface area contributed by atoms with E-state index in [1.165, 1.54) is 12.1 Å². The number of hydrogen-bond acceptors (Lipinski definition) is 3. The van der Waals surface area contributed by atoms with Gasteiger partial charge in [-0.25, -0.2) is 9.37 Å². The van der Waals surface area contributed by atoms with Gasteiger partial charge in [0.05, 0.1) is 0 Å². The van der Waals surface area contributed by atoms with Gasteiger partial charge in [-0.1, -0.05) is 13.8 Å². The second-order valence-electron chi connectivity index (χ2n) is 5.16. The van der Waals surface area contributed by atoms with Crippen LogP contribution < -0.4 is 5.73 Å². The Morgan fingerprint density at radius 1 is 1.39 bits per heavy atom. The summed E-state index contributed by atoms with van der Waals surface area (Å²) in [5.74, 6) is 1.31. The topological polar surface area (TPSA) is 52.0 Å². The van der Waals surface area contributed by atoms with Gasteiger partial charge in [0.15, 0.2) is 11.5 Å². The third-order valence-electron chi connectivity index (χ3n) is 3.00. The summed E-state index contributed by atoms with van der Waals surface area (Å²) in [6.07, 6.45) is 1.76. The van der Waals surface area contributed by atoms with Gasteiger partial charge in [0.25, 0.3) is 0 Å². The zero-order valence-corrected chi connectivity index (χ0v) is 10.8. The molecule has 2 N–H and O–H groups in total. The van der Waals surface area contributed by atoms with Crippen LogP contribution in [0, 0.1) is 17.7 Å². The summed E-state index contributed by atoms with van der Waals surface area (Å²) in [6.45, 7) is 4.96. The van der Waals surface area contributed by atoms with Crippen molar-refractivity contribution in [3.63, 3.8) is 0 Å². The van der Waals surface area contributed by atoms with Gasteiger partial charge < -0.3 is 10.2 Å². The van der Waals surface area contributed by atoms with Crippen LogP contribution >= 0.6 is 0 Å². The number of nitrogens with two attached hydrogens (primary N) is 1. The molecule has 0 saturated carbocycles. The molecule has 1 aromatic heterocycles. The summed E-state index contributed by atoms with van der Waals surface area (Å²) in [5.41, 5.74) is 6.96. The zero-order valence-electron chi connectivity index (χ0n) is 10.8. The van der Waals surface area contributed by atoms with E-state index < -0.39 is 0 Å². The van der Waals surface area contributed by atoms with Crippen molar-refractivity contribution in [1.82, 2.24) is 4.98 Å². The fourth-order valence-corrected chi connectivity index (χ4v) is 2.21. The van der Waals surface area contributed by atoms with Crippen LogP contribution in [0.2, 0.25) is 0 Å². The highest BCUT2D eigenvalue weighted by atomic mass is 19.1. The lowest BCUT2D eigenvalue weighted by Crippen LogP contribution is -2.18. The maximum Gasteiger partial charge on any atom is 0.195 e. The Morgan fingerprint density at radius 3 is 2.83 bits per heavy atom. The van der Waals surface area contributed by atoms with Gasteiger partial charge in [0, 0.05) is 12.5 Å². The van der Waals surface area contributed by atoms with Gasteiger partial charge in [0.2, 0.25) is 0 Å². The van der Waals surface area contributed by atoms with E-state index in [-0.39, 0.29) is 5.82 Å². The molecule has 18 heavy (non-hydrogen) atoms. The molecule has 0 aliphatic carbocycles. The van der Waals surface area contributed by atoms with Crippen LogP contribution in [-0.4, -0.2) is 11.5 Å². The summed E-state index contributed by atoms with van der Waals surface area (Å²) in [4.78, 5) is 4.31. The molecule has 0 aliphatic rings. The number of oxazole rings is 1. The predicted octanol–water partition coefficient (Wildman–Crippen LogP) is 3.13. The maximum atomic E-state index is 13.0. The lowest BCUT2D eigenvalue weighted by Gasteiger charge is -2.14. The van der Waals surface area contributed by atoms with Crippen molar-refractivity contribution in [2.24, 2.45) is 17.6 Å². The van der Waals surface area contributed by atoms with Crippen LogP contribution in [0.3, 0.4) is 0 Å². The van der Waals surface area contributed by atoms with Crippen molar-refractivity contribution in [2.45, 2.75) is 26.7 Å². The van der Waals surface area contributed by atoms with Gasteiger partial charge in [-0.05, 0) is 36.9 Å². The lowest BCUT2D eigenvalue weighted by atomic mass is 9.94. The van der Waals surface area contributed by atoms with E-state index in [1.807, 2.05) is 0 Å². The van der Waals surface area contributed by atoms with Gasteiger partial charge in [-0.3, -0.25) is 0 Å². The van der Waals surface area contributed by atoms with Crippen LogP contribution in [-0.2, 0) is 6.42 Å². The van der Waals surface area contributed by atoms with Crippen molar-refractivity contribution in [3.8, 4) is 0 Å². The fraction of sp³-hybridized carbons (Fsp3) is 0.500. The first-order valence-electron chi connectivity index (χ1n) is 6.33. The molecular formula is C14H19FN2O. The average molecular weight is 250 g/mol. The normalized spacial score (nSPS) is 13.4. The fourth-order valence-electron chi connectivity index (χ4n) is 2.21. The second-order valence-corrected chi connectivity index (χ2v) is 5.16. The van der Waals surface area contributed by atoms with E-state index in [0.29, 0.717) is 41.8 Å². The molecule has 1 heterocycles. The summed E-state index contributed by atoms with van der Waals surface area (Å²) in [6, 6.07) is 4.38. The molecule has 3 nitrogen and oxygen atoms in total. The molecule has 0 fully saturated rings. The Morgan fingerprint density at radius 2 is 2.17 bits per heavy atom. The van der Waals surface area contributed by atoms with Gasteiger partial charge in [0.1, 0.15) is 11.3 Å². The molecule has 0 aliphatic heterocycles. The number of benzene rings is 1. The molecule has 4 heteroatoms. The van der Waals surface area contributed by atoms with E-state index in [4.69, 9.17) is 10.2 Å². The Bertz CT molecular complexity index is 521. The molecule has 0 saturated heterocycles. The molecular weight excluding hydrogens is 231 g/mol. The molecule has 1 aromatic carbocycles. The minimum atomic E-state index is -0.292. The SMILES string of the molecule is CC(C)CC(CN)Cc1nc2cc(F)ccc2o1.